The topological polar surface area (TPSA) is 66.8 Å². The summed E-state index contributed by atoms with van der Waals surface area (Å²) in [5, 5.41) is 9.16. The molecular weight excluding hydrogens is 258 g/mol. The van der Waals surface area contributed by atoms with E-state index in [9.17, 15) is 9.59 Å². The maximum Gasteiger partial charge on any atom is 0.306 e. The Morgan fingerprint density at radius 3 is 2.55 bits per heavy atom. The fourth-order valence-corrected chi connectivity index (χ4v) is 3.93. The van der Waals surface area contributed by atoms with Gasteiger partial charge in [0.1, 0.15) is 0 Å². The van der Waals surface area contributed by atoms with E-state index in [1.54, 1.807) is 0 Å². The standard InChI is InChI=1S/C15H23NO4/c17-13(11-3-1-4-12(9-11)14(18)19)16-7-8-20-10-15(16)5-2-6-15/h11-12H,1-10H2,(H,18,19). The van der Waals surface area contributed by atoms with Gasteiger partial charge in [0.2, 0.25) is 5.91 Å². The van der Waals surface area contributed by atoms with Crippen molar-refractivity contribution in [2.24, 2.45) is 11.8 Å². The summed E-state index contributed by atoms with van der Waals surface area (Å²) in [6, 6.07) is 0. The predicted octanol–water partition coefficient (Wildman–Crippen LogP) is 1.66. The molecule has 2 aliphatic carbocycles. The Morgan fingerprint density at radius 2 is 1.90 bits per heavy atom. The summed E-state index contributed by atoms with van der Waals surface area (Å²) in [4.78, 5) is 26.0. The molecule has 2 saturated carbocycles. The normalized spacial score (nSPS) is 32.7. The lowest BCUT2D eigenvalue weighted by Crippen LogP contribution is -2.63. The van der Waals surface area contributed by atoms with Crippen molar-refractivity contribution in [3.8, 4) is 0 Å². The summed E-state index contributed by atoms with van der Waals surface area (Å²) in [6.07, 6.45) is 6.16. The van der Waals surface area contributed by atoms with Crippen LogP contribution in [0.3, 0.4) is 0 Å². The van der Waals surface area contributed by atoms with Crippen molar-refractivity contribution >= 4 is 11.9 Å². The molecule has 112 valence electrons. The van der Waals surface area contributed by atoms with E-state index in [-0.39, 0.29) is 23.3 Å². The summed E-state index contributed by atoms with van der Waals surface area (Å²) < 4.78 is 5.57. The van der Waals surface area contributed by atoms with E-state index in [0.29, 0.717) is 32.6 Å². The first-order valence-electron chi connectivity index (χ1n) is 7.74. The highest BCUT2D eigenvalue weighted by molar-refractivity contribution is 5.81. The van der Waals surface area contributed by atoms with Crippen LogP contribution in [0.2, 0.25) is 0 Å². The fraction of sp³-hybridized carbons (Fsp3) is 0.867. The molecule has 1 aliphatic heterocycles. The molecular formula is C15H23NO4. The molecule has 0 aromatic rings. The lowest BCUT2D eigenvalue weighted by molar-refractivity contribution is -0.165. The minimum absolute atomic E-state index is 0.0640. The number of nitrogens with zero attached hydrogens (tertiary/aromatic N) is 1. The number of amides is 1. The van der Waals surface area contributed by atoms with Gasteiger partial charge in [0, 0.05) is 12.5 Å². The number of ether oxygens (including phenoxy) is 1. The summed E-state index contributed by atoms with van der Waals surface area (Å²) in [7, 11) is 0. The van der Waals surface area contributed by atoms with Gasteiger partial charge in [-0.3, -0.25) is 9.59 Å². The predicted molar refractivity (Wildman–Crippen MR) is 72.2 cm³/mol. The first kappa shape index (κ1) is 13.9. The number of morpholine rings is 1. The smallest absolute Gasteiger partial charge is 0.306 e. The molecule has 0 aromatic carbocycles. The van der Waals surface area contributed by atoms with Crippen molar-refractivity contribution in [3.63, 3.8) is 0 Å². The van der Waals surface area contributed by atoms with Crippen molar-refractivity contribution in [2.45, 2.75) is 50.5 Å². The van der Waals surface area contributed by atoms with Crippen LogP contribution in [0.1, 0.15) is 44.9 Å². The molecule has 5 nitrogen and oxygen atoms in total. The van der Waals surface area contributed by atoms with Gasteiger partial charge in [-0.05, 0) is 38.5 Å². The van der Waals surface area contributed by atoms with E-state index < -0.39 is 5.97 Å². The largest absolute Gasteiger partial charge is 0.481 e. The van der Waals surface area contributed by atoms with E-state index in [1.807, 2.05) is 4.90 Å². The third-order valence-electron chi connectivity index (χ3n) is 5.33. The molecule has 2 unspecified atom stereocenters. The second kappa shape index (κ2) is 5.35. The van der Waals surface area contributed by atoms with Crippen molar-refractivity contribution in [2.75, 3.05) is 19.8 Å². The van der Waals surface area contributed by atoms with Gasteiger partial charge in [-0.2, -0.15) is 0 Å². The van der Waals surface area contributed by atoms with Crippen molar-refractivity contribution < 1.29 is 19.4 Å². The molecule has 0 aromatic heterocycles. The molecule has 20 heavy (non-hydrogen) atoms. The highest BCUT2D eigenvalue weighted by Gasteiger charge is 2.48. The molecule has 1 spiro atoms. The molecule has 0 bridgehead atoms. The third kappa shape index (κ3) is 2.32. The zero-order chi connectivity index (χ0) is 14.2. The van der Waals surface area contributed by atoms with Gasteiger partial charge in [0.25, 0.3) is 0 Å². The maximum absolute atomic E-state index is 12.8. The molecule has 5 heteroatoms. The molecule has 3 fully saturated rings. The lowest BCUT2D eigenvalue weighted by Gasteiger charge is -2.53. The molecule has 0 radical (unpaired) electrons. The van der Waals surface area contributed by atoms with Gasteiger partial charge in [0.15, 0.2) is 0 Å². The maximum atomic E-state index is 12.8. The van der Waals surface area contributed by atoms with Gasteiger partial charge in [-0.15, -0.1) is 0 Å². The van der Waals surface area contributed by atoms with Crippen LogP contribution in [0, 0.1) is 11.8 Å². The van der Waals surface area contributed by atoms with E-state index in [2.05, 4.69) is 0 Å². The van der Waals surface area contributed by atoms with Crippen LogP contribution < -0.4 is 0 Å². The number of carboxylic acid groups (broad SMARTS) is 1. The van der Waals surface area contributed by atoms with E-state index >= 15 is 0 Å². The average molecular weight is 281 g/mol. The Kier molecular flexibility index (Phi) is 3.71. The van der Waals surface area contributed by atoms with Crippen LogP contribution in [0.5, 0.6) is 0 Å². The summed E-state index contributed by atoms with van der Waals surface area (Å²) >= 11 is 0. The Balaban J connectivity index is 1.69. The SMILES string of the molecule is O=C(O)C1CCCC(C(=O)N2CCOCC23CCC3)C1. The number of hydrogen-bond donors (Lipinski definition) is 1. The highest BCUT2D eigenvalue weighted by atomic mass is 16.5. The summed E-state index contributed by atoms with van der Waals surface area (Å²) in [5.74, 6) is -1.00. The number of aliphatic carboxylic acids is 1. The minimum Gasteiger partial charge on any atom is -0.481 e. The van der Waals surface area contributed by atoms with Crippen molar-refractivity contribution in [3.05, 3.63) is 0 Å². The second-order valence-corrected chi connectivity index (χ2v) is 6.52. The first-order chi connectivity index (χ1) is 9.62. The van der Waals surface area contributed by atoms with Crippen molar-refractivity contribution in [1.82, 2.24) is 4.90 Å². The van der Waals surface area contributed by atoms with Crippen LogP contribution in [-0.4, -0.2) is 47.2 Å². The van der Waals surface area contributed by atoms with Gasteiger partial charge >= 0.3 is 5.97 Å². The molecule has 3 rings (SSSR count). The zero-order valence-corrected chi connectivity index (χ0v) is 11.8. The Morgan fingerprint density at radius 1 is 1.15 bits per heavy atom. The van der Waals surface area contributed by atoms with E-state index in [0.717, 1.165) is 32.1 Å². The molecule has 2 atom stereocenters. The Hall–Kier alpha value is -1.10. The Bertz CT molecular complexity index is 405. The average Bonchev–Trinajstić information content (AvgIpc) is 2.45. The van der Waals surface area contributed by atoms with Crippen molar-refractivity contribution in [1.29, 1.82) is 0 Å². The number of carbonyl (C=O) groups excluding carboxylic acids is 1. The van der Waals surface area contributed by atoms with Gasteiger partial charge < -0.3 is 14.7 Å². The second-order valence-electron chi connectivity index (χ2n) is 6.52. The van der Waals surface area contributed by atoms with Crippen LogP contribution in [0.25, 0.3) is 0 Å². The third-order valence-corrected chi connectivity index (χ3v) is 5.33. The monoisotopic (exact) mass is 281 g/mol. The zero-order valence-electron chi connectivity index (χ0n) is 11.8. The Labute approximate surface area is 119 Å². The number of carbonyl (C=O) groups is 2. The van der Waals surface area contributed by atoms with E-state index in [4.69, 9.17) is 9.84 Å². The molecule has 1 saturated heterocycles. The van der Waals surface area contributed by atoms with Gasteiger partial charge in [-0.1, -0.05) is 6.42 Å². The van der Waals surface area contributed by atoms with E-state index in [1.165, 1.54) is 0 Å². The fourth-order valence-electron chi connectivity index (χ4n) is 3.93. The number of hydrogen-bond acceptors (Lipinski definition) is 3. The molecule has 3 aliphatic rings. The summed E-state index contributed by atoms with van der Waals surface area (Å²) in [5.41, 5.74) is -0.0640. The molecule has 1 N–H and O–H groups in total. The van der Waals surface area contributed by atoms with Crippen LogP contribution >= 0.6 is 0 Å². The van der Waals surface area contributed by atoms with Gasteiger partial charge in [0.05, 0.1) is 24.7 Å². The number of carboxylic acids is 1. The lowest BCUT2D eigenvalue weighted by atomic mass is 9.73. The number of rotatable bonds is 2. The highest BCUT2D eigenvalue weighted by Crippen LogP contribution is 2.42. The van der Waals surface area contributed by atoms with Crippen LogP contribution in [0.4, 0.5) is 0 Å². The quantitative estimate of drug-likeness (QED) is 0.836. The first-order valence-corrected chi connectivity index (χ1v) is 7.74. The molecule has 1 heterocycles. The van der Waals surface area contributed by atoms with Crippen LogP contribution in [-0.2, 0) is 14.3 Å². The minimum atomic E-state index is -0.747. The van der Waals surface area contributed by atoms with Gasteiger partial charge in [-0.25, -0.2) is 0 Å². The van der Waals surface area contributed by atoms with Crippen LogP contribution in [0.15, 0.2) is 0 Å². The summed E-state index contributed by atoms with van der Waals surface area (Å²) in [6.45, 7) is 1.95. The molecule has 1 amide bonds.